The molecule has 0 aliphatic heterocycles. The largest absolute Gasteiger partial charge is 0.463 e. The summed E-state index contributed by atoms with van der Waals surface area (Å²) in [7, 11) is 1.29. The second-order valence-electron chi connectivity index (χ2n) is 6.14. The van der Waals surface area contributed by atoms with Crippen LogP contribution in [0.2, 0.25) is 0 Å². The highest BCUT2D eigenvalue weighted by Gasteiger charge is 2.18. The Balaban J connectivity index is 1.80. The summed E-state index contributed by atoms with van der Waals surface area (Å²) in [6.07, 6.45) is 2.90. The van der Waals surface area contributed by atoms with Crippen LogP contribution in [0.1, 0.15) is 21.7 Å². The van der Waals surface area contributed by atoms with E-state index in [4.69, 9.17) is 9.15 Å². The number of furan rings is 1. The second-order valence-corrected chi connectivity index (χ2v) is 7.00. The smallest absolute Gasteiger partial charge is 0.374 e. The molecule has 0 aliphatic rings. The van der Waals surface area contributed by atoms with Crippen LogP contribution >= 0.6 is 11.3 Å². The molecule has 0 saturated carbocycles. The molecule has 136 valence electrons. The van der Waals surface area contributed by atoms with Gasteiger partial charge in [-0.1, -0.05) is 29.8 Å². The molecule has 27 heavy (non-hydrogen) atoms. The van der Waals surface area contributed by atoms with Gasteiger partial charge in [0, 0.05) is 16.5 Å². The van der Waals surface area contributed by atoms with Gasteiger partial charge >= 0.3 is 5.97 Å². The summed E-state index contributed by atoms with van der Waals surface area (Å²) in [5.41, 5.74) is 3.40. The zero-order valence-electron chi connectivity index (χ0n) is 14.8. The highest BCUT2D eigenvalue weighted by atomic mass is 32.1. The molecule has 6 nitrogen and oxygen atoms in total. The first-order valence-corrected chi connectivity index (χ1v) is 9.15. The van der Waals surface area contributed by atoms with E-state index in [1.54, 1.807) is 6.07 Å². The molecule has 7 heteroatoms. The Morgan fingerprint density at radius 2 is 2.04 bits per heavy atom. The van der Waals surface area contributed by atoms with Crippen molar-refractivity contribution in [2.24, 2.45) is 0 Å². The Bertz CT molecular complexity index is 1180. The van der Waals surface area contributed by atoms with Gasteiger partial charge in [0.1, 0.15) is 4.83 Å². The lowest BCUT2D eigenvalue weighted by molar-refractivity contribution is 0.0563. The van der Waals surface area contributed by atoms with E-state index < -0.39 is 5.97 Å². The molecule has 4 aromatic rings. The van der Waals surface area contributed by atoms with E-state index in [9.17, 15) is 9.59 Å². The molecule has 0 spiro atoms. The van der Waals surface area contributed by atoms with Gasteiger partial charge in [0.05, 0.1) is 31.6 Å². The third-order valence-electron chi connectivity index (χ3n) is 4.38. The maximum absolute atomic E-state index is 13.1. The molecule has 3 aromatic heterocycles. The van der Waals surface area contributed by atoms with Crippen molar-refractivity contribution in [3.8, 4) is 11.1 Å². The number of hydrogen-bond donors (Lipinski definition) is 0. The lowest BCUT2D eigenvalue weighted by Gasteiger charge is -2.06. The Morgan fingerprint density at radius 3 is 2.78 bits per heavy atom. The number of thiophene rings is 1. The summed E-state index contributed by atoms with van der Waals surface area (Å²) in [5, 5.41) is 2.53. The summed E-state index contributed by atoms with van der Waals surface area (Å²) >= 11 is 1.44. The fourth-order valence-corrected chi connectivity index (χ4v) is 3.85. The normalized spacial score (nSPS) is 11.0. The van der Waals surface area contributed by atoms with Crippen LogP contribution in [-0.4, -0.2) is 22.6 Å². The second kappa shape index (κ2) is 6.85. The standard InChI is InChI=1S/C20H16N2O4S/c1-12-3-5-13(6-4-12)15-10-27-18-16(15)19(23)22(11-21-18)9-14-7-8-26-17(14)20(24)25-2/h3-8,10-11H,9H2,1-2H3. The fraction of sp³-hybridized carbons (Fsp3) is 0.150. The molecule has 4 rings (SSSR count). The molecular formula is C20H16N2O4S. The van der Waals surface area contributed by atoms with Crippen molar-refractivity contribution in [3.05, 3.63) is 75.5 Å². The molecule has 0 fully saturated rings. The van der Waals surface area contributed by atoms with Crippen LogP contribution in [0.15, 0.2) is 57.5 Å². The molecule has 0 bridgehead atoms. The van der Waals surface area contributed by atoms with Gasteiger partial charge in [0.2, 0.25) is 5.76 Å². The van der Waals surface area contributed by atoms with Crippen LogP contribution in [0.25, 0.3) is 21.3 Å². The quantitative estimate of drug-likeness (QED) is 0.503. The van der Waals surface area contributed by atoms with Crippen LogP contribution in [0, 0.1) is 6.92 Å². The molecule has 0 aliphatic carbocycles. The van der Waals surface area contributed by atoms with E-state index >= 15 is 0 Å². The van der Waals surface area contributed by atoms with E-state index in [0.29, 0.717) is 15.8 Å². The van der Waals surface area contributed by atoms with Crippen LogP contribution in [0.3, 0.4) is 0 Å². The van der Waals surface area contributed by atoms with Crippen LogP contribution in [0.5, 0.6) is 0 Å². The van der Waals surface area contributed by atoms with Gasteiger partial charge in [-0.3, -0.25) is 9.36 Å². The zero-order valence-corrected chi connectivity index (χ0v) is 15.6. The molecule has 0 unspecified atom stereocenters. The number of hydrogen-bond acceptors (Lipinski definition) is 6. The maximum Gasteiger partial charge on any atom is 0.374 e. The van der Waals surface area contributed by atoms with Crippen molar-refractivity contribution >= 4 is 27.5 Å². The number of carbonyl (C=O) groups excluding carboxylic acids is 1. The topological polar surface area (TPSA) is 74.3 Å². The minimum Gasteiger partial charge on any atom is -0.463 e. The van der Waals surface area contributed by atoms with Crippen molar-refractivity contribution < 1.29 is 13.9 Å². The summed E-state index contributed by atoms with van der Waals surface area (Å²) in [4.78, 5) is 30.0. The van der Waals surface area contributed by atoms with Crippen LogP contribution < -0.4 is 5.56 Å². The highest BCUT2D eigenvalue weighted by molar-refractivity contribution is 7.17. The van der Waals surface area contributed by atoms with E-state index in [-0.39, 0.29) is 17.9 Å². The number of methoxy groups -OCH3 is 1. The number of aromatic nitrogens is 2. The molecule has 3 heterocycles. The third kappa shape index (κ3) is 3.06. The minimum absolute atomic E-state index is 0.0913. The predicted octanol–water partition coefficient (Wildman–Crippen LogP) is 3.86. The van der Waals surface area contributed by atoms with Crippen molar-refractivity contribution in [2.45, 2.75) is 13.5 Å². The number of ether oxygens (including phenoxy) is 1. The van der Waals surface area contributed by atoms with Gasteiger partial charge < -0.3 is 9.15 Å². The predicted molar refractivity (Wildman–Crippen MR) is 103 cm³/mol. The van der Waals surface area contributed by atoms with Gasteiger partial charge in [0.15, 0.2) is 0 Å². The first kappa shape index (κ1) is 17.2. The van der Waals surface area contributed by atoms with Crippen molar-refractivity contribution in [1.82, 2.24) is 9.55 Å². The number of benzene rings is 1. The summed E-state index contributed by atoms with van der Waals surface area (Å²) in [6.45, 7) is 2.19. The number of carbonyl (C=O) groups is 1. The average molecular weight is 380 g/mol. The molecule has 0 radical (unpaired) electrons. The van der Waals surface area contributed by atoms with Gasteiger partial charge in [-0.05, 0) is 18.6 Å². The van der Waals surface area contributed by atoms with E-state index in [1.165, 1.54) is 35.6 Å². The highest BCUT2D eigenvalue weighted by Crippen LogP contribution is 2.30. The molecular weight excluding hydrogens is 364 g/mol. The molecule has 0 atom stereocenters. The number of nitrogens with zero attached hydrogens (tertiary/aromatic N) is 2. The summed E-state index contributed by atoms with van der Waals surface area (Å²) in [5.74, 6) is -0.485. The lowest BCUT2D eigenvalue weighted by Crippen LogP contribution is -2.21. The first-order chi connectivity index (χ1) is 13.1. The Labute approximate surface area is 158 Å². The van der Waals surface area contributed by atoms with Gasteiger partial charge in [0.25, 0.3) is 5.56 Å². The van der Waals surface area contributed by atoms with E-state index in [1.807, 2.05) is 36.6 Å². The summed E-state index contributed by atoms with van der Waals surface area (Å²) in [6, 6.07) is 9.68. The van der Waals surface area contributed by atoms with Crippen molar-refractivity contribution in [3.63, 3.8) is 0 Å². The van der Waals surface area contributed by atoms with E-state index in [0.717, 1.165) is 16.7 Å². The summed E-state index contributed by atoms with van der Waals surface area (Å²) < 4.78 is 11.4. The minimum atomic E-state index is -0.576. The van der Waals surface area contributed by atoms with Gasteiger partial charge in [-0.15, -0.1) is 11.3 Å². The van der Waals surface area contributed by atoms with Crippen LogP contribution in [-0.2, 0) is 11.3 Å². The van der Waals surface area contributed by atoms with Crippen LogP contribution in [0.4, 0.5) is 0 Å². The van der Waals surface area contributed by atoms with Gasteiger partial charge in [-0.25, -0.2) is 9.78 Å². The Kier molecular flexibility index (Phi) is 4.37. The van der Waals surface area contributed by atoms with Crippen molar-refractivity contribution in [2.75, 3.05) is 7.11 Å². The average Bonchev–Trinajstić information content (AvgIpc) is 3.31. The number of esters is 1. The monoisotopic (exact) mass is 380 g/mol. The molecule has 0 amide bonds. The van der Waals surface area contributed by atoms with Crippen molar-refractivity contribution in [1.29, 1.82) is 0 Å². The number of aryl methyl sites for hydroxylation is 1. The number of fused-ring (bicyclic) bond motifs is 1. The lowest BCUT2D eigenvalue weighted by atomic mass is 10.1. The zero-order chi connectivity index (χ0) is 19.0. The Hall–Kier alpha value is -3.19. The SMILES string of the molecule is COC(=O)c1occc1Cn1cnc2scc(-c3ccc(C)cc3)c2c1=O. The fourth-order valence-electron chi connectivity index (χ4n) is 2.94. The molecule has 0 N–H and O–H groups in total. The number of rotatable bonds is 4. The molecule has 0 saturated heterocycles. The maximum atomic E-state index is 13.1. The molecule has 1 aromatic carbocycles. The first-order valence-electron chi connectivity index (χ1n) is 8.27. The van der Waals surface area contributed by atoms with Gasteiger partial charge in [-0.2, -0.15) is 0 Å². The Morgan fingerprint density at radius 1 is 1.26 bits per heavy atom. The van der Waals surface area contributed by atoms with E-state index in [2.05, 4.69) is 4.98 Å². The third-order valence-corrected chi connectivity index (χ3v) is 5.27.